The van der Waals surface area contributed by atoms with Gasteiger partial charge in [-0.1, -0.05) is 65.7 Å². The van der Waals surface area contributed by atoms with Crippen LogP contribution < -0.4 is 14.9 Å². The lowest BCUT2D eigenvalue weighted by Crippen LogP contribution is -2.19. The van der Waals surface area contributed by atoms with Gasteiger partial charge in [0.05, 0.1) is 23.9 Å². The van der Waals surface area contributed by atoms with E-state index in [4.69, 9.17) is 32.7 Å². The molecule has 1 aromatic heterocycles. The highest BCUT2D eigenvalue weighted by molar-refractivity contribution is 6.40. The van der Waals surface area contributed by atoms with Crippen LogP contribution in [0, 0.1) is 0 Å². The SMILES string of the molecule is COc1ccc(C(=O)Oc2ccccc2C=NNC(=O)c2[nH]c3cc(Cl)cc(Cl)c3c2-c2ccccc2)cc1. The molecule has 4 aromatic carbocycles. The predicted octanol–water partition coefficient (Wildman–Crippen LogP) is 7.13. The van der Waals surface area contributed by atoms with E-state index in [9.17, 15) is 9.59 Å². The Morgan fingerprint density at radius 1 is 0.923 bits per heavy atom. The molecule has 0 aliphatic rings. The third kappa shape index (κ3) is 5.65. The first-order valence-electron chi connectivity index (χ1n) is 11.8. The second-order valence-corrected chi connectivity index (χ2v) is 9.25. The Morgan fingerprint density at radius 2 is 1.64 bits per heavy atom. The molecule has 0 saturated heterocycles. The van der Waals surface area contributed by atoms with E-state index in [-0.39, 0.29) is 11.4 Å². The molecule has 0 saturated carbocycles. The van der Waals surface area contributed by atoms with Crippen molar-refractivity contribution in [3.05, 3.63) is 118 Å². The average molecular weight is 558 g/mol. The fourth-order valence-electron chi connectivity index (χ4n) is 4.09. The number of H-pyrrole nitrogens is 1. The second kappa shape index (κ2) is 11.4. The number of ether oxygens (including phenoxy) is 2. The average Bonchev–Trinajstić information content (AvgIpc) is 3.34. The summed E-state index contributed by atoms with van der Waals surface area (Å²) < 4.78 is 10.7. The summed E-state index contributed by atoms with van der Waals surface area (Å²) in [5.74, 6) is -0.108. The Hall–Kier alpha value is -4.59. The van der Waals surface area contributed by atoms with Gasteiger partial charge in [0, 0.05) is 27.1 Å². The van der Waals surface area contributed by atoms with Crippen LogP contribution in [0.2, 0.25) is 10.0 Å². The molecule has 0 radical (unpaired) electrons. The molecule has 0 bridgehead atoms. The zero-order chi connectivity index (χ0) is 27.4. The number of esters is 1. The van der Waals surface area contributed by atoms with Crippen LogP contribution in [0.15, 0.2) is 96.1 Å². The van der Waals surface area contributed by atoms with Crippen molar-refractivity contribution in [2.24, 2.45) is 5.10 Å². The zero-order valence-corrected chi connectivity index (χ0v) is 22.1. The molecule has 2 N–H and O–H groups in total. The number of hydrogen-bond acceptors (Lipinski definition) is 5. The topological polar surface area (TPSA) is 92.8 Å². The highest BCUT2D eigenvalue weighted by Gasteiger charge is 2.21. The minimum Gasteiger partial charge on any atom is -0.497 e. The van der Waals surface area contributed by atoms with Crippen LogP contribution in [0.3, 0.4) is 0 Å². The number of methoxy groups -OCH3 is 1. The number of nitrogens with one attached hydrogen (secondary N) is 2. The molecule has 0 spiro atoms. The summed E-state index contributed by atoms with van der Waals surface area (Å²) in [6, 6.07) is 26.2. The monoisotopic (exact) mass is 557 g/mol. The van der Waals surface area contributed by atoms with Crippen molar-refractivity contribution in [2.45, 2.75) is 0 Å². The van der Waals surface area contributed by atoms with Crippen LogP contribution in [0.4, 0.5) is 0 Å². The summed E-state index contributed by atoms with van der Waals surface area (Å²) in [6.07, 6.45) is 1.41. The fourth-order valence-corrected chi connectivity index (χ4v) is 4.68. The van der Waals surface area contributed by atoms with Crippen molar-refractivity contribution in [3.63, 3.8) is 0 Å². The minimum atomic E-state index is -0.538. The third-order valence-corrected chi connectivity index (χ3v) is 6.44. The highest BCUT2D eigenvalue weighted by Crippen LogP contribution is 2.38. The molecular formula is C30H21Cl2N3O4. The van der Waals surface area contributed by atoms with Crippen LogP contribution in [0.25, 0.3) is 22.0 Å². The molecular weight excluding hydrogens is 537 g/mol. The normalized spacial score (nSPS) is 11.1. The van der Waals surface area contributed by atoms with Gasteiger partial charge in [0.2, 0.25) is 0 Å². The molecule has 0 unspecified atom stereocenters. The number of hydrazone groups is 1. The maximum atomic E-state index is 13.3. The van der Waals surface area contributed by atoms with E-state index in [1.54, 1.807) is 67.8 Å². The van der Waals surface area contributed by atoms with Gasteiger partial charge in [0.1, 0.15) is 17.2 Å². The van der Waals surface area contributed by atoms with Crippen molar-refractivity contribution < 1.29 is 19.1 Å². The van der Waals surface area contributed by atoms with Crippen LogP contribution in [-0.2, 0) is 0 Å². The molecule has 0 atom stereocenters. The summed E-state index contributed by atoms with van der Waals surface area (Å²) in [7, 11) is 1.55. The van der Waals surface area contributed by atoms with Gasteiger partial charge in [-0.3, -0.25) is 4.79 Å². The van der Waals surface area contributed by atoms with Crippen molar-refractivity contribution in [1.29, 1.82) is 0 Å². The van der Waals surface area contributed by atoms with Gasteiger partial charge in [-0.25, -0.2) is 10.2 Å². The third-order valence-electron chi connectivity index (χ3n) is 5.92. The van der Waals surface area contributed by atoms with E-state index >= 15 is 0 Å². The molecule has 0 fully saturated rings. The molecule has 39 heavy (non-hydrogen) atoms. The van der Waals surface area contributed by atoms with Crippen molar-refractivity contribution in [1.82, 2.24) is 10.4 Å². The lowest BCUT2D eigenvalue weighted by atomic mass is 10.0. The van der Waals surface area contributed by atoms with Gasteiger partial charge < -0.3 is 14.5 Å². The van der Waals surface area contributed by atoms with E-state index in [0.29, 0.717) is 43.4 Å². The fraction of sp³-hybridized carbons (Fsp3) is 0.0333. The first kappa shape index (κ1) is 26.0. The minimum absolute atomic E-state index is 0.275. The number of aromatic nitrogens is 1. The largest absolute Gasteiger partial charge is 0.497 e. The standard InChI is InChI=1S/C30H21Cl2N3O4/c1-38-22-13-11-19(12-14-22)30(37)39-25-10-6-5-9-20(25)17-33-35-29(36)28-26(18-7-3-2-4-8-18)27-23(32)15-21(31)16-24(27)34-28/h2-17,34H,1H3,(H,35,36). The van der Waals surface area contributed by atoms with Crippen LogP contribution in [-0.4, -0.2) is 30.2 Å². The van der Waals surface area contributed by atoms with E-state index in [2.05, 4.69) is 15.5 Å². The van der Waals surface area contributed by atoms with Gasteiger partial charge in [-0.2, -0.15) is 5.10 Å². The number of rotatable bonds is 7. The summed E-state index contributed by atoms with van der Waals surface area (Å²) in [6.45, 7) is 0. The summed E-state index contributed by atoms with van der Waals surface area (Å²) in [4.78, 5) is 29.0. The molecule has 0 aliphatic heterocycles. The van der Waals surface area contributed by atoms with Crippen LogP contribution in [0.5, 0.6) is 11.5 Å². The zero-order valence-electron chi connectivity index (χ0n) is 20.6. The number of halogens is 2. The molecule has 194 valence electrons. The smallest absolute Gasteiger partial charge is 0.343 e. The number of nitrogens with zero attached hydrogens (tertiary/aromatic N) is 1. The Balaban J connectivity index is 1.39. The molecule has 0 aliphatic carbocycles. The van der Waals surface area contributed by atoms with Gasteiger partial charge in [0.25, 0.3) is 5.91 Å². The molecule has 1 heterocycles. The Kier molecular flexibility index (Phi) is 7.63. The van der Waals surface area contributed by atoms with Crippen LogP contribution in [0.1, 0.15) is 26.4 Å². The van der Waals surface area contributed by atoms with Crippen molar-refractivity contribution in [3.8, 4) is 22.6 Å². The van der Waals surface area contributed by atoms with Gasteiger partial charge in [-0.15, -0.1) is 0 Å². The first-order valence-corrected chi connectivity index (χ1v) is 12.5. The van der Waals surface area contributed by atoms with Gasteiger partial charge in [-0.05, 0) is 54.1 Å². The number of amides is 1. The van der Waals surface area contributed by atoms with E-state index < -0.39 is 11.9 Å². The Labute approximate surface area is 234 Å². The summed E-state index contributed by atoms with van der Waals surface area (Å²) >= 11 is 12.7. The van der Waals surface area contributed by atoms with E-state index in [1.807, 2.05) is 30.3 Å². The molecule has 9 heteroatoms. The van der Waals surface area contributed by atoms with Crippen molar-refractivity contribution >= 4 is 52.2 Å². The molecule has 5 rings (SSSR count). The number of fused-ring (bicyclic) bond motifs is 1. The molecule has 1 amide bonds. The quantitative estimate of drug-likeness (QED) is 0.0962. The summed E-state index contributed by atoms with van der Waals surface area (Å²) in [5.41, 5.74) is 5.74. The number of benzene rings is 4. The maximum absolute atomic E-state index is 13.3. The van der Waals surface area contributed by atoms with Gasteiger partial charge in [0.15, 0.2) is 0 Å². The number of carbonyl (C=O) groups is 2. The van der Waals surface area contributed by atoms with E-state index in [1.165, 1.54) is 6.21 Å². The number of hydrogen-bond donors (Lipinski definition) is 2. The summed E-state index contributed by atoms with van der Waals surface area (Å²) in [5, 5.41) is 5.66. The van der Waals surface area contributed by atoms with Crippen LogP contribution >= 0.6 is 23.2 Å². The molecule has 5 aromatic rings. The first-order chi connectivity index (χ1) is 18.9. The van der Waals surface area contributed by atoms with E-state index in [0.717, 1.165) is 5.56 Å². The second-order valence-electron chi connectivity index (χ2n) is 8.41. The number of para-hydroxylation sites is 1. The van der Waals surface area contributed by atoms with Gasteiger partial charge >= 0.3 is 5.97 Å². The number of carbonyl (C=O) groups excluding carboxylic acids is 2. The lowest BCUT2D eigenvalue weighted by Gasteiger charge is -2.08. The number of aromatic amines is 1. The Morgan fingerprint density at radius 3 is 2.38 bits per heavy atom. The molecule has 7 nitrogen and oxygen atoms in total. The van der Waals surface area contributed by atoms with Crippen molar-refractivity contribution in [2.75, 3.05) is 7.11 Å². The maximum Gasteiger partial charge on any atom is 0.343 e. The Bertz CT molecular complexity index is 1700. The highest BCUT2D eigenvalue weighted by atomic mass is 35.5. The lowest BCUT2D eigenvalue weighted by molar-refractivity contribution is 0.0734. The predicted molar refractivity (Wildman–Crippen MR) is 153 cm³/mol.